The Labute approximate surface area is 93.6 Å². The van der Waals surface area contributed by atoms with Gasteiger partial charge in [-0.3, -0.25) is 4.79 Å². The van der Waals surface area contributed by atoms with Gasteiger partial charge in [-0.2, -0.15) is 0 Å². The topological polar surface area (TPSA) is 17.1 Å². The standard InChI is InChI=1S/C14H24O/c1-3-11-5-4-6-12(9-11)13-7-8-14(15)10(13)2/h10-13H,3-9H2,1-2H3. The number of hydrogen-bond donors (Lipinski definition) is 0. The van der Waals surface area contributed by atoms with Gasteiger partial charge in [0.25, 0.3) is 0 Å². The van der Waals surface area contributed by atoms with Crippen molar-refractivity contribution in [3.05, 3.63) is 0 Å². The number of carbonyl (C=O) groups is 1. The zero-order chi connectivity index (χ0) is 10.8. The minimum Gasteiger partial charge on any atom is -0.299 e. The highest BCUT2D eigenvalue weighted by atomic mass is 16.1. The van der Waals surface area contributed by atoms with Gasteiger partial charge in [0.15, 0.2) is 0 Å². The fourth-order valence-electron chi connectivity index (χ4n) is 3.76. The van der Waals surface area contributed by atoms with Crippen molar-refractivity contribution in [1.82, 2.24) is 0 Å². The van der Waals surface area contributed by atoms with Crippen molar-refractivity contribution in [2.24, 2.45) is 23.7 Å². The molecule has 2 aliphatic carbocycles. The van der Waals surface area contributed by atoms with Gasteiger partial charge in [-0.05, 0) is 30.6 Å². The molecule has 0 aromatic carbocycles. The Kier molecular flexibility index (Phi) is 3.48. The molecule has 1 nitrogen and oxygen atoms in total. The van der Waals surface area contributed by atoms with Crippen LogP contribution in [0.2, 0.25) is 0 Å². The smallest absolute Gasteiger partial charge is 0.135 e. The molecule has 4 unspecified atom stereocenters. The summed E-state index contributed by atoms with van der Waals surface area (Å²) < 4.78 is 0. The van der Waals surface area contributed by atoms with Crippen molar-refractivity contribution in [3.63, 3.8) is 0 Å². The van der Waals surface area contributed by atoms with Gasteiger partial charge >= 0.3 is 0 Å². The normalized spacial score (nSPS) is 42.1. The van der Waals surface area contributed by atoms with E-state index in [9.17, 15) is 4.79 Å². The van der Waals surface area contributed by atoms with Crippen LogP contribution in [0.1, 0.15) is 58.8 Å². The Hall–Kier alpha value is -0.330. The predicted octanol–water partition coefficient (Wildman–Crippen LogP) is 3.82. The average Bonchev–Trinajstić information content (AvgIpc) is 2.60. The molecule has 0 saturated heterocycles. The van der Waals surface area contributed by atoms with E-state index in [1.165, 1.54) is 38.5 Å². The van der Waals surface area contributed by atoms with Crippen LogP contribution in [-0.2, 0) is 4.79 Å². The predicted molar refractivity (Wildman–Crippen MR) is 62.6 cm³/mol. The Morgan fingerprint density at radius 1 is 1.27 bits per heavy atom. The van der Waals surface area contributed by atoms with Crippen LogP contribution < -0.4 is 0 Å². The van der Waals surface area contributed by atoms with Crippen LogP contribution in [-0.4, -0.2) is 5.78 Å². The highest BCUT2D eigenvalue weighted by Gasteiger charge is 2.37. The first-order chi connectivity index (χ1) is 7.22. The van der Waals surface area contributed by atoms with E-state index in [-0.39, 0.29) is 0 Å². The van der Waals surface area contributed by atoms with Crippen LogP contribution in [0, 0.1) is 23.7 Å². The maximum absolute atomic E-state index is 11.6. The number of hydrogen-bond acceptors (Lipinski definition) is 1. The maximum atomic E-state index is 11.6. The SMILES string of the molecule is CCC1CCCC(C2CCC(=O)C2C)C1. The first-order valence-corrected chi connectivity index (χ1v) is 6.75. The Morgan fingerprint density at radius 3 is 2.67 bits per heavy atom. The van der Waals surface area contributed by atoms with Gasteiger partial charge in [0.2, 0.25) is 0 Å². The summed E-state index contributed by atoms with van der Waals surface area (Å²) in [6, 6.07) is 0. The lowest BCUT2D eigenvalue weighted by Gasteiger charge is -2.34. The third kappa shape index (κ3) is 2.26. The Balaban J connectivity index is 1.95. The van der Waals surface area contributed by atoms with E-state index in [1.54, 1.807) is 0 Å². The van der Waals surface area contributed by atoms with Gasteiger partial charge in [0, 0.05) is 12.3 Å². The molecule has 1 heteroatoms. The molecule has 2 fully saturated rings. The number of Topliss-reactive ketones (excluding diaryl/α,β-unsaturated/α-hetero) is 1. The molecule has 2 aliphatic rings. The second kappa shape index (κ2) is 4.67. The molecule has 2 saturated carbocycles. The van der Waals surface area contributed by atoms with E-state index in [1.807, 2.05) is 0 Å². The summed E-state index contributed by atoms with van der Waals surface area (Å²) in [5.41, 5.74) is 0. The van der Waals surface area contributed by atoms with E-state index in [2.05, 4.69) is 13.8 Å². The van der Waals surface area contributed by atoms with Crippen LogP contribution in [0.5, 0.6) is 0 Å². The molecule has 0 radical (unpaired) electrons. The van der Waals surface area contributed by atoms with E-state index in [4.69, 9.17) is 0 Å². The summed E-state index contributed by atoms with van der Waals surface area (Å²) in [5, 5.41) is 0. The van der Waals surface area contributed by atoms with Gasteiger partial charge in [0.05, 0.1) is 0 Å². The fraction of sp³-hybridized carbons (Fsp3) is 0.929. The summed E-state index contributed by atoms with van der Waals surface area (Å²) >= 11 is 0. The molecule has 0 amide bonds. The van der Waals surface area contributed by atoms with Gasteiger partial charge in [-0.1, -0.05) is 39.5 Å². The van der Waals surface area contributed by atoms with Crippen LogP contribution >= 0.6 is 0 Å². The minimum absolute atomic E-state index is 0.366. The van der Waals surface area contributed by atoms with Crippen LogP contribution in [0.3, 0.4) is 0 Å². The molecule has 2 rings (SSSR count). The Morgan fingerprint density at radius 2 is 2.07 bits per heavy atom. The van der Waals surface area contributed by atoms with Crippen molar-refractivity contribution >= 4 is 5.78 Å². The van der Waals surface area contributed by atoms with Crippen molar-refractivity contribution in [1.29, 1.82) is 0 Å². The second-order valence-electron chi connectivity index (χ2n) is 5.66. The molecule has 0 aromatic rings. The van der Waals surface area contributed by atoms with Gasteiger partial charge in [0.1, 0.15) is 5.78 Å². The van der Waals surface area contributed by atoms with Gasteiger partial charge in [-0.15, -0.1) is 0 Å². The lowest BCUT2D eigenvalue weighted by Crippen LogP contribution is -2.25. The van der Waals surface area contributed by atoms with E-state index < -0.39 is 0 Å². The average molecular weight is 208 g/mol. The van der Waals surface area contributed by atoms with Gasteiger partial charge < -0.3 is 0 Å². The van der Waals surface area contributed by atoms with Crippen molar-refractivity contribution in [2.45, 2.75) is 58.8 Å². The van der Waals surface area contributed by atoms with Crippen molar-refractivity contribution in [3.8, 4) is 0 Å². The molecule has 0 bridgehead atoms. The largest absolute Gasteiger partial charge is 0.299 e. The first-order valence-electron chi connectivity index (χ1n) is 6.75. The zero-order valence-electron chi connectivity index (χ0n) is 10.2. The summed E-state index contributed by atoms with van der Waals surface area (Å²) in [4.78, 5) is 11.6. The fourth-order valence-corrected chi connectivity index (χ4v) is 3.76. The molecular formula is C14H24O. The molecule has 0 spiro atoms. The molecule has 0 aromatic heterocycles. The van der Waals surface area contributed by atoms with E-state index in [0.717, 1.165) is 24.2 Å². The molecule has 86 valence electrons. The molecule has 0 heterocycles. The number of ketones is 1. The maximum Gasteiger partial charge on any atom is 0.135 e. The third-order valence-electron chi connectivity index (χ3n) is 4.88. The quantitative estimate of drug-likeness (QED) is 0.674. The summed E-state index contributed by atoms with van der Waals surface area (Å²) in [5.74, 6) is 3.44. The number of rotatable bonds is 2. The van der Waals surface area contributed by atoms with Crippen molar-refractivity contribution in [2.75, 3.05) is 0 Å². The monoisotopic (exact) mass is 208 g/mol. The highest BCUT2D eigenvalue weighted by Crippen LogP contribution is 2.43. The zero-order valence-corrected chi connectivity index (χ0v) is 10.2. The lowest BCUT2D eigenvalue weighted by molar-refractivity contribution is -0.121. The molecule has 15 heavy (non-hydrogen) atoms. The van der Waals surface area contributed by atoms with Crippen LogP contribution in [0.15, 0.2) is 0 Å². The minimum atomic E-state index is 0.366. The third-order valence-corrected chi connectivity index (χ3v) is 4.88. The first kappa shape index (κ1) is 11.2. The second-order valence-corrected chi connectivity index (χ2v) is 5.66. The van der Waals surface area contributed by atoms with E-state index in [0.29, 0.717) is 11.7 Å². The number of carbonyl (C=O) groups excluding carboxylic acids is 1. The summed E-state index contributed by atoms with van der Waals surface area (Å²) in [6.07, 6.45) is 9.01. The Bertz CT molecular complexity index is 233. The van der Waals surface area contributed by atoms with Crippen LogP contribution in [0.25, 0.3) is 0 Å². The van der Waals surface area contributed by atoms with E-state index >= 15 is 0 Å². The lowest BCUT2D eigenvalue weighted by atomic mass is 9.71. The van der Waals surface area contributed by atoms with Gasteiger partial charge in [-0.25, -0.2) is 0 Å². The summed E-state index contributed by atoms with van der Waals surface area (Å²) in [6.45, 7) is 4.48. The molecule has 4 atom stereocenters. The van der Waals surface area contributed by atoms with Crippen LogP contribution in [0.4, 0.5) is 0 Å². The molecule has 0 N–H and O–H groups in total. The molecule has 0 aliphatic heterocycles. The molecular weight excluding hydrogens is 184 g/mol. The van der Waals surface area contributed by atoms with Crippen molar-refractivity contribution < 1.29 is 4.79 Å². The highest BCUT2D eigenvalue weighted by molar-refractivity contribution is 5.83. The summed E-state index contributed by atoms with van der Waals surface area (Å²) in [7, 11) is 0.